The highest BCUT2D eigenvalue weighted by molar-refractivity contribution is 5.94. The van der Waals surface area contributed by atoms with Gasteiger partial charge in [0, 0.05) is 29.1 Å². The Morgan fingerprint density at radius 1 is 0.968 bits per heavy atom. The lowest BCUT2D eigenvalue weighted by Crippen LogP contribution is -2.37. The highest BCUT2D eigenvalue weighted by Crippen LogP contribution is 2.39. The van der Waals surface area contributed by atoms with Crippen LogP contribution in [-0.2, 0) is 0 Å². The molecular formula is C24H24N6O. The van der Waals surface area contributed by atoms with Gasteiger partial charge < -0.3 is 10.1 Å². The fourth-order valence-electron chi connectivity index (χ4n) is 4.20. The molecule has 1 aliphatic carbocycles. The van der Waals surface area contributed by atoms with Crippen LogP contribution in [0, 0.1) is 0 Å². The number of hydrogen-bond donors (Lipinski definition) is 2. The van der Waals surface area contributed by atoms with Crippen LogP contribution in [0.3, 0.4) is 0 Å². The molecule has 7 heteroatoms. The van der Waals surface area contributed by atoms with Crippen LogP contribution in [0.2, 0.25) is 0 Å². The Kier molecular flexibility index (Phi) is 4.61. The largest absolute Gasteiger partial charge is 0.472 e. The van der Waals surface area contributed by atoms with E-state index in [0.717, 1.165) is 53.8 Å². The maximum absolute atomic E-state index is 6.06. The lowest BCUT2D eigenvalue weighted by molar-refractivity contribution is 0.160. The van der Waals surface area contributed by atoms with Gasteiger partial charge in [0.15, 0.2) is 0 Å². The second kappa shape index (κ2) is 7.74. The molecule has 31 heavy (non-hydrogen) atoms. The Morgan fingerprint density at radius 2 is 1.94 bits per heavy atom. The molecule has 6 rings (SSSR count). The molecule has 4 aromatic rings. The molecule has 1 aromatic carbocycles. The number of aromatic nitrogens is 5. The standard InChI is InChI=1S/C24H24N6O/c1-4-19(15-6-7-15)27-20(5-1)16-8-9-21-18(11-16)24(30-29-21)22-13-26-14-23(28-22)31-17-3-2-10-25-12-17/h1,4-5,8-9,11,13-15,17,25H,2-3,6-7,10,12H2,(H,29,30). The van der Waals surface area contributed by atoms with Crippen LogP contribution in [0.1, 0.15) is 37.3 Å². The van der Waals surface area contributed by atoms with Gasteiger partial charge in [-0.15, -0.1) is 0 Å². The van der Waals surface area contributed by atoms with Crippen molar-refractivity contribution >= 4 is 10.9 Å². The summed E-state index contributed by atoms with van der Waals surface area (Å²) >= 11 is 0. The predicted molar refractivity (Wildman–Crippen MR) is 119 cm³/mol. The van der Waals surface area contributed by atoms with E-state index in [1.807, 2.05) is 6.07 Å². The summed E-state index contributed by atoms with van der Waals surface area (Å²) in [6.45, 7) is 1.89. The van der Waals surface area contributed by atoms with Crippen molar-refractivity contribution in [2.24, 2.45) is 0 Å². The van der Waals surface area contributed by atoms with Crippen LogP contribution >= 0.6 is 0 Å². The fraction of sp³-hybridized carbons (Fsp3) is 0.333. The molecule has 0 spiro atoms. The zero-order valence-electron chi connectivity index (χ0n) is 17.2. The topological polar surface area (TPSA) is 88.6 Å². The van der Waals surface area contributed by atoms with Crippen molar-refractivity contribution in [2.45, 2.75) is 37.7 Å². The molecule has 0 amide bonds. The zero-order chi connectivity index (χ0) is 20.6. The minimum absolute atomic E-state index is 0.130. The monoisotopic (exact) mass is 412 g/mol. The molecule has 1 saturated heterocycles. The summed E-state index contributed by atoms with van der Waals surface area (Å²) < 4.78 is 6.06. The number of ether oxygens (including phenoxy) is 1. The number of H-pyrrole nitrogens is 1. The van der Waals surface area contributed by atoms with Gasteiger partial charge in [-0.05, 0) is 56.5 Å². The third-order valence-electron chi connectivity index (χ3n) is 6.02. The SMILES string of the molecule is c1cc(-c2ccc3[nH]nc(-c4cncc(OC5CCCNC5)n4)c3c2)nc(C2CC2)c1. The number of piperidine rings is 1. The fourth-order valence-corrected chi connectivity index (χ4v) is 4.20. The third-order valence-corrected chi connectivity index (χ3v) is 6.02. The van der Waals surface area contributed by atoms with Crippen molar-refractivity contribution in [3.8, 4) is 28.5 Å². The van der Waals surface area contributed by atoms with Crippen molar-refractivity contribution in [1.29, 1.82) is 0 Å². The molecule has 156 valence electrons. The van der Waals surface area contributed by atoms with Gasteiger partial charge in [0.1, 0.15) is 17.5 Å². The molecule has 2 N–H and O–H groups in total. The first-order chi connectivity index (χ1) is 15.3. The minimum atomic E-state index is 0.130. The van der Waals surface area contributed by atoms with Gasteiger partial charge in [0.2, 0.25) is 5.88 Å². The minimum Gasteiger partial charge on any atom is -0.472 e. The maximum atomic E-state index is 6.06. The van der Waals surface area contributed by atoms with Gasteiger partial charge in [-0.1, -0.05) is 12.1 Å². The molecule has 1 unspecified atom stereocenters. The summed E-state index contributed by atoms with van der Waals surface area (Å²) in [5.74, 6) is 1.17. The average molecular weight is 412 g/mol. The van der Waals surface area contributed by atoms with E-state index in [1.54, 1.807) is 12.4 Å². The number of rotatable bonds is 5. The summed E-state index contributed by atoms with van der Waals surface area (Å²) in [7, 11) is 0. The summed E-state index contributed by atoms with van der Waals surface area (Å²) in [4.78, 5) is 13.9. The van der Waals surface area contributed by atoms with Gasteiger partial charge in [-0.2, -0.15) is 5.10 Å². The van der Waals surface area contributed by atoms with Crippen LogP contribution in [0.25, 0.3) is 33.5 Å². The summed E-state index contributed by atoms with van der Waals surface area (Å²) in [6.07, 6.45) is 8.17. The summed E-state index contributed by atoms with van der Waals surface area (Å²) in [5, 5.41) is 12.0. The second-order valence-electron chi connectivity index (χ2n) is 8.38. The van der Waals surface area contributed by atoms with Crippen molar-refractivity contribution < 1.29 is 4.74 Å². The Morgan fingerprint density at radius 3 is 2.81 bits per heavy atom. The Balaban J connectivity index is 1.34. The predicted octanol–water partition coefficient (Wildman–Crippen LogP) is 4.09. The molecular weight excluding hydrogens is 388 g/mol. The molecule has 3 aromatic heterocycles. The first-order valence-electron chi connectivity index (χ1n) is 11.0. The van der Waals surface area contributed by atoms with Gasteiger partial charge >= 0.3 is 0 Å². The third kappa shape index (κ3) is 3.77. The molecule has 0 bridgehead atoms. The van der Waals surface area contributed by atoms with Gasteiger partial charge in [-0.3, -0.25) is 15.1 Å². The highest BCUT2D eigenvalue weighted by Gasteiger charge is 2.25. The normalized spacial score (nSPS) is 18.9. The quantitative estimate of drug-likeness (QED) is 0.513. The van der Waals surface area contributed by atoms with Crippen LogP contribution < -0.4 is 10.1 Å². The van der Waals surface area contributed by atoms with Crippen LogP contribution in [0.4, 0.5) is 0 Å². The van der Waals surface area contributed by atoms with Crippen LogP contribution in [-0.4, -0.2) is 44.3 Å². The van der Waals surface area contributed by atoms with E-state index in [0.29, 0.717) is 17.5 Å². The number of hydrogen-bond acceptors (Lipinski definition) is 6. The lowest BCUT2D eigenvalue weighted by atomic mass is 10.1. The van der Waals surface area contributed by atoms with Crippen molar-refractivity contribution in [3.63, 3.8) is 0 Å². The molecule has 2 aliphatic rings. The lowest BCUT2D eigenvalue weighted by Gasteiger charge is -2.23. The second-order valence-corrected chi connectivity index (χ2v) is 8.38. The Bertz CT molecular complexity index is 1230. The molecule has 1 aliphatic heterocycles. The number of aromatic amines is 1. The number of benzene rings is 1. The summed E-state index contributed by atoms with van der Waals surface area (Å²) in [5.41, 5.74) is 5.69. The van der Waals surface area contributed by atoms with Crippen molar-refractivity contribution in [1.82, 2.24) is 30.5 Å². The average Bonchev–Trinajstić information content (AvgIpc) is 3.59. The smallest absolute Gasteiger partial charge is 0.233 e. The van der Waals surface area contributed by atoms with E-state index in [9.17, 15) is 0 Å². The first-order valence-corrected chi connectivity index (χ1v) is 11.0. The van der Waals surface area contributed by atoms with Gasteiger partial charge in [0.05, 0.1) is 23.6 Å². The van der Waals surface area contributed by atoms with E-state index in [2.05, 4.69) is 50.8 Å². The van der Waals surface area contributed by atoms with E-state index in [4.69, 9.17) is 14.7 Å². The number of fused-ring (bicyclic) bond motifs is 1. The molecule has 2 fully saturated rings. The number of pyridine rings is 1. The Labute approximate surface area is 180 Å². The van der Waals surface area contributed by atoms with Crippen LogP contribution in [0.5, 0.6) is 5.88 Å². The van der Waals surface area contributed by atoms with E-state index >= 15 is 0 Å². The van der Waals surface area contributed by atoms with Crippen molar-refractivity contribution in [3.05, 3.63) is 54.5 Å². The first kappa shape index (κ1) is 18.4. The molecule has 7 nitrogen and oxygen atoms in total. The van der Waals surface area contributed by atoms with E-state index < -0.39 is 0 Å². The molecule has 1 saturated carbocycles. The summed E-state index contributed by atoms with van der Waals surface area (Å²) in [6, 6.07) is 12.6. The Hall–Kier alpha value is -3.32. The molecule has 1 atom stereocenters. The highest BCUT2D eigenvalue weighted by atomic mass is 16.5. The molecule has 0 radical (unpaired) electrons. The number of nitrogens with one attached hydrogen (secondary N) is 2. The van der Waals surface area contributed by atoms with Gasteiger partial charge in [0.25, 0.3) is 0 Å². The maximum Gasteiger partial charge on any atom is 0.233 e. The van der Waals surface area contributed by atoms with Crippen LogP contribution in [0.15, 0.2) is 48.8 Å². The van der Waals surface area contributed by atoms with Gasteiger partial charge in [-0.25, -0.2) is 4.98 Å². The van der Waals surface area contributed by atoms with E-state index in [1.165, 1.54) is 18.5 Å². The van der Waals surface area contributed by atoms with Crippen molar-refractivity contribution in [2.75, 3.05) is 13.1 Å². The molecule has 4 heterocycles. The van der Waals surface area contributed by atoms with E-state index in [-0.39, 0.29) is 6.10 Å². The number of nitrogens with zero attached hydrogens (tertiary/aromatic N) is 4. The zero-order valence-corrected chi connectivity index (χ0v) is 17.2.